The minimum atomic E-state index is -0.781. The van der Waals surface area contributed by atoms with E-state index in [1.807, 2.05) is 0 Å². The lowest BCUT2D eigenvalue weighted by Crippen LogP contribution is -2.17. The fourth-order valence-electron chi connectivity index (χ4n) is 2.49. The Morgan fingerprint density at radius 1 is 1.18 bits per heavy atom. The van der Waals surface area contributed by atoms with Crippen molar-refractivity contribution in [2.75, 3.05) is 23.8 Å². The summed E-state index contributed by atoms with van der Waals surface area (Å²) < 4.78 is 29.8. The molecule has 148 valence electrons. The average Bonchev–Trinajstić information content (AvgIpc) is 3.08. The van der Waals surface area contributed by atoms with E-state index in [4.69, 9.17) is 5.11 Å². The summed E-state index contributed by atoms with van der Waals surface area (Å²) in [4.78, 5) is 7.94. The number of halogens is 3. The van der Waals surface area contributed by atoms with Crippen LogP contribution in [-0.4, -0.2) is 43.2 Å². The predicted molar refractivity (Wildman–Crippen MR) is 102 cm³/mol. The van der Waals surface area contributed by atoms with Gasteiger partial charge in [-0.2, -0.15) is 10.1 Å². The van der Waals surface area contributed by atoms with Crippen LogP contribution < -0.4 is 10.6 Å². The van der Waals surface area contributed by atoms with Crippen LogP contribution in [0.4, 0.5) is 26.2 Å². The van der Waals surface area contributed by atoms with E-state index in [-0.39, 0.29) is 18.4 Å². The van der Waals surface area contributed by atoms with Crippen LogP contribution in [0.15, 0.2) is 41.3 Å². The first kappa shape index (κ1) is 20.1. The maximum atomic E-state index is 14.2. The summed E-state index contributed by atoms with van der Waals surface area (Å²) in [7, 11) is 0. The fourth-order valence-corrected chi connectivity index (χ4v) is 2.97. The monoisotopic (exact) mass is 454 g/mol. The van der Waals surface area contributed by atoms with Crippen LogP contribution in [0.3, 0.4) is 0 Å². The van der Waals surface area contributed by atoms with Gasteiger partial charge < -0.3 is 20.8 Å². The van der Waals surface area contributed by atoms with Gasteiger partial charge in [0.2, 0.25) is 5.95 Å². The molecule has 3 rings (SSSR count). The molecule has 0 aliphatic heterocycles. The first-order valence-electron chi connectivity index (χ1n) is 8.24. The van der Waals surface area contributed by atoms with Gasteiger partial charge in [-0.15, -0.1) is 0 Å². The normalized spacial score (nSPS) is 12.0. The van der Waals surface area contributed by atoms with Crippen LogP contribution in [0, 0.1) is 11.6 Å². The van der Waals surface area contributed by atoms with Crippen molar-refractivity contribution in [3.63, 3.8) is 0 Å². The lowest BCUT2D eigenvalue weighted by atomic mass is 10.1. The van der Waals surface area contributed by atoms with Gasteiger partial charge in [-0.05, 0) is 23.8 Å². The second-order valence-electron chi connectivity index (χ2n) is 5.81. The standard InChI is InChI=1S/C17H17BrF2N6O2/c18-11-3-10(4-12(19)5-11)15(9-28)24-16-14(20)7-21-17(25-16)23-13-6-22-26(8-13)1-2-27/h3-8,15,27-28H,1-2,9H2,(H2,21,23,24,25)/t15-/m1/s1. The average molecular weight is 455 g/mol. The summed E-state index contributed by atoms with van der Waals surface area (Å²) in [5.74, 6) is -1.27. The van der Waals surface area contributed by atoms with Gasteiger partial charge in [-0.1, -0.05) is 15.9 Å². The number of anilines is 3. The van der Waals surface area contributed by atoms with Crippen molar-refractivity contribution >= 4 is 33.4 Å². The van der Waals surface area contributed by atoms with Gasteiger partial charge in [0.25, 0.3) is 0 Å². The Kier molecular flexibility index (Phi) is 6.49. The van der Waals surface area contributed by atoms with E-state index in [0.717, 1.165) is 6.20 Å². The number of benzene rings is 1. The highest BCUT2D eigenvalue weighted by Gasteiger charge is 2.16. The summed E-state index contributed by atoms with van der Waals surface area (Å²) in [6, 6.07) is 3.36. The molecule has 0 fully saturated rings. The zero-order chi connectivity index (χ0) is 20.1. The summed E-state index contributed by atoms with van der Waals surface area (Å²) in [5.41, 5.74) is 0.978. The number of hydrogen-bond acceptors (Lipinski definition) is 7. The molecule has 0 aliphatic carbocycles. The number of aliphatic hydroxyl groups excluding tert-OH is 2. The van der Waals surface area contributed by atoms with Crippen LogP contribution in [0.5, 0.6) is 0 Å². The lowest BCUT2D eigenvalue weighted by Gasteiger charge is -2.18. The summed E-state index contributed by atoms with van der Waals surface area (Å²) in [6.07, 6.45) is 4.12. The fraction of sp³-hybridized carbons (Fsp3) is 0.235. The van der Waals surface area contributed by atoms with Gasteiger partial charge in [-0.3, -0.25) is 4.68 Å². The maximum absolute atomic E-state index is 14.2. The SMILES string of the molecule is OCCn1cc(Nc2ncc(F)c(N[C@H](CO)c3cc(F)cc(Br)c3)n2)cn1. The highest BCUT2D eigenvalue weighted by molar-refractivity contribution is 9.10. The summed E-state index contributed by atoms with van der Waals surface area (Å²) in [5, 5.41) is 28.2. The number of rotatable bonds is 8. The largest absolute Gasteiger partial charge is 0.394 e. The zero-order valence-electron chi connectivity index (χ0n) is 14.5. The molecule has 2 heterocycles. The first-order valence-corrected chi connectivity index (χ1v) is 9.04. The molecule has 0 amide bonds. The van der Waals surface area contributed by atoms with E-state index < -0.39 is 24.3 Å². The van der Waals surface area contributed by atoms with Crippen LogP contribution in [-0.2, 0) is 6.54 Å². The molecule has 28 heavy (non-hydrogen) atoms. The summed E-state index contributed by atoms with van der Waals surface area (Å²) in [6.45, 7) is -0.128. The third-order valence-electron chi connectivity index (χ3n) is 3.74. The van der Waals surface area contributed by atoms with Crippen molar-refractivity contribution in [3.05, 3.63) is 58.5 Å². The van der Waals surface area contributed by atoms with Gasteiger partial charge in [0.1, 0.15) is 5.82 Å². The van der Waals surface area contributed by atoms with Gasteiger partial charge >= 0.3 is 0 Å². The van der Waals surface area contributed by atoms with Crippen LogP contribution >= 0.6 is 15.9 Å². The van der Waals surface area contributed by atoms with Crippen LogP contribution in [0.25, 0.3) is 0 Å². The molecule has 0 aliphatic rings. The molecule has 0 spiro atoms. The topological polar surface area (TPSA) is 108 Å². The Morgan fingerprint density at radius 3 is 2.71 bits per heavy atom. The minimum Gasteiger partial charge on any atom is -0.394 e. The number of nitrogens with one attached hydrogen (secondary N) is 2. The number of aromatic nitrogens is 4. The molecule has 2 aromatic heterocycles. The van der Waals surface area contributed by atoms with E-state index in [1.165, 1.54) is 23.0 Å². The Morgan fingerprint density at radius 2 is 2.00 bits per heavy atom. The van der Waals surface area contributed by atoms with Gasteiger partial charge in [0.15, 0.2) is 11.6 Å². The molecule has 8 nitrogen and oxygen atoms in total. The number of nitrogens with zero attached hydrogens (tertiary/aromatic N) is 4. The molecule has 0 radical (unpaired) electrons. The van der Waals surface area contributed by atoms with Crippen molar-refractivity contribution in [1.29, 1.82) is 0 Å². The molecule has 1 aromatic carbocycles. The maximum Gasteiger partial charge on any atom is 0.229 e. The van der Waals surface area contributed by atoms with E-state index >= 15 is 0 Å². The molecule has 11 heteroatoms. The van der Waals surface area contributed by atoms with E-state index in [9.17, 15) is 13.9 Å². The second kappa shape index (κ2) is 9.04. The van der Waals surface area contributed by atoms with Crippen LogP contribution in [0.2, 0.25) is 0 Å². The molecular weight excluding hydrogens is 438 g/mol. The van der Waals surface area contributed by atoms with Gasteiger partial charge in [0.05, 0.1) is 43.9 Å². The Hall–Kier alpha value is -2.63. The molecule has 0 unspecified atom stereocenters. The van der Waals surface area contributed by atoms with Crippen LogP contribution in [0.1, 0.15) is 11.6 Å². The lowest BCUT2D eigenvalue weighted by molar-refractivity contribution is 0.269. The van der Waals surface area contributed by atoms with E-state index in [0.29, 0.717) is 22.3 Å². The smallest absolute Gasteiger partial charge is 0.229 e. The predicted octanol–water partition coefficient (Wildman–Crippen LogP) is 2.60. The van der Waals surface area contributed by atoms with E-state index in [1.54, 1.807) is 12.3 Å². The number of hydrogen-bond donors (Lipinski definition) is 4. The van der Waals surface area contributed by atoms with Crippen molar-refractivity contribution in [2.24, 2.45) is 0 Å². The van der Waals surface area contributed by atoms with Crippen molar-refractivity contribution in [3.8, 4) is 0 Å². The quantitative estimate of drug-likeness (QED) is 0.414. The highest BCUT2D eigenvalue weighted by Crippen LogP contribution is 2.25. The van der Waals surface area contributed by atoms with Gasteiger partial charge in [0, 0.05) is 10.7 Å². The molecule has 4 N–H and O–H groups in total. The Bertz CT molecular complexity index is 935. The first-order chi connectivity index (χ1) is 13.5. The number of aliphatic hydroxyl groups is 2. The van der Waals surface area contributed by atoms with Crippen molar-refractivity contribution < 1.29 is 19.0 Å². The highest BCUT2D eigenvalue weighted by atomic mass is 79.9. The Balaban J connectivity index is 1.79. The third kappa shape index (κ3) is 5.00. The summed E-state index contributed by atoms with van der Waals surface area (Å²) >= 11 is 3.19. The minimum absolute atomic E-state index is 0.0546. The molecule has 0 saturated carbocycles. The molecule has 0 bridgehead atoms. The second-order valence-corrected chi connectivity index (χ2v) is 6.73. The molecule has 3 aromatic rings. The third-order valence-corrected chi connectivity index (χ3v) is 4.20. The zero-order valence-corrected chi connectivity index (χ0v) is 16.1. The molecule has 1 atom stereocenters. The van der Waals surface area contributed by atoms with E-state index in [2.05, 4.69) is 41.6 Å². The van der Waals surface area contributed by atoms with Gasteiger partial charge in [-0.25, -0.2) is 13.8 Å². The van der Waals surface area contributed by atoms with Crippen molar-refractivity contribution in [2.45, 2.75) is 12.6 Å². The van der Waals surface area contributed by atoms with Crippen molar-refractivity contribution in [1.82, 2.24) is 19.7 Å². The molecular formula is C17H17BrF2N6O2. The molecule has 0 saturated heterocycles. The Labute approximate surface area is 167 Å².